The number of carbonyl (C=O) groups excluding carboxylic acids is 1. The van der Waals surface area contributed by atoms with Gasteiger partial charge in [-0.2, -0.15) is 0 Å². The van der Waals surface area contributed by atoms with E-state index in [0.717, 1.165) is 33.9 Å². The van der Waals surface area contributed by atoms with Crippen molar-refractivity contribution >= 4 is 22.6 Å². The lowest BCUT2D eigenvalue weighted by molar-refractivity contribution is -0.117. The summed E-state index contributed by atoms with van der Waals surface area (Å²) < 4.78 is 20.8. The molecule has 5 nitrogen and oxygen atoms in total. The van der Waals surface area contributed by atoms with Crippen LogP contribution in [0.15, 0.2) is 72.8 Å². The normalized spacial score (nSPS) is 16.3. The molecule has 3 aromatic carbocycles. The molecule has 1 saturated heterocycles. The van der Waals surface area contributed by atoms with Crippen LogP contribution in [0, 0.1) is 5.82 Å². The van der Waals surface area contributed by atoms with Crippen molar-refractivity contribution < 1.29 is 13.9 Å². The van der Waals surface area contributed by atoms with Crippen LogP contribution in [-0.4, -0.2) is 29.1 Å². The minimum atomic E-state index is -0.255. The van der Waals surface area contributed by atoms with Crippen LogP contribution in [0.25, 0.3) is 11.0 Å². The highest BCUT2D eigenvalue weighted by atomic mass is 19.1. The Bertz CT molecular complexity index is 1250. The summed E-state index contributed by atoms with van der Waals surface area (Å²) in [7, 11) is 1.62. The Hall–Kier alpha value is -3.67. The number of halogens is 1. The molecule has 0 saturated carbocycles. The molecular weight excluding hydrogens is 393 g/mol. The molecule has 1 fully saturated rings. The summed E-state index contributed by atoms with van der Waals surface area (Å²) in [5, 5.41) is 0. The Morgan fingerprint density at radius 2 is 1.87 bits per heavy atom. The van der Waals surface area contributed by atoms with Gasteiger partial charge in [-0.1, -0.05) is 30.3 Å². The molecule has 1 atom stereocenters. The number of para-hydroxylation sites is 2. The average Bonchev–Trinajstić information content (AvgIpc) is 3.36. The summed E-state index contributed by atoms with van der Waals surface area (Å²) >= 11 is 0. The fourth-order valence-electron chi connectivity index (χ4n) is 4.25. The standard InChI is InChI=1S/C25H22FN3O2/c1-31-21-6-4-5-20(14-21)28-16-18(13-24(28)30)25-27-22-7-2-3-8-23(22)29(25)15-17-9-11-19(26)12-10-17/h2-12,14,18H,13,15-16H2,1H3/t18-/m0/s1. The van der Waals surface area contributed by atoms with Crippen molar-refractivity contribution in [3.8, 4) is 5.75 Å². The summed E-state index contributed by atoms with van der Waals surface area (Å²) in [6.07, 6.45) is 0.393. The van der Waals surface area contributed by atoms with E-state index in [-0.39, 0.29) is 17.6 Å². The number of amides is 1. The summed E-state index contributed by atoms with van der Waals surface area (Å²) in [5.74, 6) is 1.38. The number of benzene rings is 3. The first-order valence-electron chi connectivity index (χ1n) is 10.3. The minimum Gasteiger partial charge on any atom is -0.497 e. The van der Waals surface area contributed by atoms with Gasteiger partial charge in [0.25, 0.3) is 0 Å². The third-order valence-electron chi connectivity index (χ3n) is 5.79. The van der Waals surface area contributed by atoms with Crippen LogP contribution in [0.2, 0.25) is 0 Å². The molecule has 0 aliphatic carbocycles. The molecule has 0 unspecified atom stereocenters. The van der Waals surface area contributed by atoms with Crippen LogP contribution in [0.1, 0.15) is 23.7 Å². The van der Waals surface area contributed by atoms with Crippen LogP contribution < -0.4 is 9.64 Å². The van der Waals surface area contributed by atoms with Gasteiger partial charge in [0.15, 0.2) is 0 Å². The van der Waals surface area contributed by atoms with Crippen LogP contribution >= 0.6 is 0 Å². The van der Waals surface area contributed by atoms with E-state index in [4.69, 9.17) is 9.72 Å². The van der Waals surface area contributed by atoms with E-state index in [0.29, 0.717) is 19.5 Å². The van der Waals surface area contributed by atoms with Gasteiger partial charge in [-0.15, -0.1) is 0 Å². The first-order valence-corrected chi connectivity index (χ1v) is 10.3. The highest BCUT2D eigenvalue weighted by Crippen LogP contribution is 2.34. The number of ether oxygens (including phenoxy) is 1. The van der Waals surface area contributed by atoms with Crippen molar-refractivity contribution in [2.24, 2.45) is 0 Å². The van der Waals surface area contributed by atoms with Crippen LogP contribution in [-0.2, 0) is 11.3 Å². The van der Waals surface area contributed by atoms with Crippen molar-refractivity contribution in [2.75, 3.05) is 18.6 Å². The molecular formula is C25H22FN3O2. The predicted octanol–water partition coefficient (Wildman–Crippen LogP) is 4.75. The molecule has 0 spiro atoms. The topological polar surface area (TPSA) is 47.4 Å². The molecule has 156 valence electrons. The smallest absolute Gasteiger partial charge is 0.227 e. The molecule has 1 aliphatic heterocycles. The first kappa shape index (κ1) is 19.3. The highest BCUT2D eigenvalue weighted by Gasteiger charge is 2.35. The average molecular weight is 415 g/mol. The van der Waals surface area contributed by atoms with E-state index >= 15 is 0 Å². The van der Waals surface area contributed by atoms with Crippen molar-refractivity contribution in [3.05, 3.63) is 90.0 Å². The number of imidazole rings is 1. The monoisotopic (exact) mass is 415 g/mol. The second kappa shape index (κ2) is 7.87. The summed E-state index contributed by atoms with van der Waals surface area (Å²) in [5.41, 5.74) is 3.72. The number of aromatic nitrogens is 2. The molecule has 1 aliphatic rings. The number of rotatable bonds is 5. The van der Waals surface area contributed by atoms with E-state index in [9.17, 15) is 9.18 Å². The van der Waals surface area contributed by atoms with Crippen LogP contribution in [0.4, 0.5) is 10.1 Å². The second-order valence-corrected chi connectivity index (χ2v) is 7.78. The quantitative estimate of drug-likeness (QED) is 0.473. The van der Waals surface area contributed by atoms with Gasteiger partial charge in [0.05, 0.1) is 18.1 Å². The lowest BCUT2D eigenvalue weighted by atomic mass is 10.1. The maximum atomic E-state index is 13.4. The number of hydrogen-bond acceptors (Lipinski definition) is 3. The predicted molar refractivity (Wildman–Crippen MR) is 118 cm³/mol. The third kappa shape index (κ3) is 3.65. The van der Waals surface area contributed by atoms with E-state index in [1.165, 1.54) is 12.1 Å². The van der Waals surface area contributed by atoms with Gasteiger partial charge in [0.2, 0.25) is 5.91 Å². The zero-order chi connectivity index (χ0) is 21.4. The Labute approximate surface area is 179 Å². The van der Waals surface area contributed by atoms with Gasteiger partial charge in [-0.3, -0.25) is 4.79 Å². The fourth-order valence-corrected chi connectivity index (χ4v) is 4.25. The first-order chi connectivity index (χ1) is 15.1. The van der Waals surface area contributed by atoms with Gasteiger partial charge in [0, 0.05) is 37.2 Å². The molecule has 5 rings (SSSR count). The van der Waals surface area contributed by atoms with Crippen LogP contribution in [0.3, 0.4) is 0 Å². The molecule has 0 radical (unpaired) electrons. The lowest BCUT2D eigenvalue weighted by Crippen LogP contribution is -2.24. The highest BCUT2D eigenvalue weighted by molar-refractivity contribution is 5.96. The Kier molecular flexibility index (Phi) is 4.90. The van der Waals surface area contributed by atoms with Gasteiger partial charge in [-0.05, 0) is 42.0 Å². The van der Waals surface area contributed by atoms with Crippen molar-refractivity contribution in [1.29, 1.82) is 0 Å². The zero-order valence-electron chi connectivity index (χ0n) is 17.2. The molecule has 1 amide bonds. The minimum absolute atomic E-state index is 0.0356. The lowest BCUT2D eigenvalue weighted by Gasteiger charge is -2.18. The maximum absolute atomic E-state index is 13.4. The van der Waals surface area contributed by atoms with E-state index in [1.807, 2.05) is 48.5 Å². The molecule has 6 heteroatoms. The molecule has 0 N–H and O–H groups in total. The summed E-state index contributed by atoms with van der Waals surface area (Å²) in [6, 6.07) is 22.0. The number of methoxy groups -OCH3 is 1. The van der Waals surface area contributed by atoms with Gasteiger partial charge >= 0.3 is 0 Å². The van der Waals surface area contributed by atoms with Crippen molar-refractivity contribution in [2.45, 2.75) is 18.9 Å². The maximum Gasteiger partial charge on any atom is 0.227 e. The van der Waals surface area contributed by atoms with E-state index < -0.39 is 0 Å². The van der Waals surface area contributed by atoms with Gasteiger partial charge in [0.1, 0.15) is 17.4 Å². The number of fused-ring (bicyclic) bond motifs is 1. The molecule has 4 aromatic rings. The number of nitrogens with zero attached hydrogens (tertiary/aromatic N) is 3. The van der Waals surface area contributed by atoms with Crippen LogP contribution in [0.5, 0.6) is 5.75 Å². The Morgan fingerprint density at radius 1 is 1.06 bits per heavy atom. The number of carbonyl (C=O) groups is 1. The zero-order valence-corrected chi connectivity index (χ0v) is 17.2. The second-order valence-electron chi connectivity index (χ2n) is 7.78. The van der Waals surface area contributed by atoms with Gasteiger partial charge < -0.3 is 14.2 Å². The largest absolute Gasteiger partial charge is 0.497 e. The van der Waals surface area contributed by atoms with E-state index in [2.05, 4.69) is 4.57 Å². The SMILES string of the molecule is COc1cccc(N2C[C@@H](c3nc4ccccc4n3Cc3ccc(F)cc3)CC2=O)c1. The summed E-state index contributed by atoms with van der Waals surface area (Å²) in [6.45, 7) is 1.12. The Balaban J connectivity index is 1.51. The fraction of sp³-hybridized carbons (Fsp3) is 0.200. The van der Waals surface area contributed by atoms with E-state index in [1.54, 1.807) is 24.1 Å². The molecule has 1 aromatic heterocycles. The number of anilines is 1. The van der Waals surface area contributed by atoms with Crippen molar-refractivity contribution in [1.82, 2.24) is 9.55 Å². The molecule has 31 heavy (non-hydrogen) atoms. The molecule has 0 bridgehead atoms. The molecule has 2 heterocycles. The Morgan fingerprint density at radius 3 is 2.68 bits per heavy atom. The number of hydrogen-bond donors (Lipinski definition) is 0. The van der Waals surface area contributed by atoms with Crippen molar-refractivity contribution in [3.63, 3.8) is 0 Å². The van der Waals surface area contributed by atoms with Gasteiger partial charge in [-0.25, -0.2) is 9.37 Å². The third-order valence-corrected chi connectivity index (χ3v) is 5.79. The summed E-state index contributed by atoms with van der Waals surface area (Å²) in [4.78, 5) is 19.6.